The highest BCUT2D eigenvalue weighted by molar-refractivity contribution is 7.12. The summed E-state index contributed by atoms with van der Waals surface area (Å²) in [7, 11) is 0. The number of aromatic nitrogens is 4. The van der Waals surface area contributed by atoms with E-state index in [0.717, 1.165) is 18.9 Å². The molecule has 3 rings (SSSR count). The van der Waals surface area contributed by atoms with Crippen LogP contribution in [0.5, 0.6) is 0 Å². The maximum Gasteiger partial charge on any atom is 0.165 e. The number of tetrazole rings is 1. The van der Waals surface area contributed by atoms with Crippen molar-refractivity contribution in [3.05, 3.63) is 27.2 Å². The topological polar surface area (TPSA) is 55.6 Å². The van der Waals surface area contributed by atoms with Crippen LogP contribution in [0.2, 0.25) is 0 Å². The van der Waals surface area contributed by atoms with Crippen LogP contribution in [0.15, 0.2) is 6.07 Å². The highest BCUT2D eigenvalue weighted by Crippen LogP contribution is 2.22. The summed E-state index contributed by atoms with van der Waals surface area (Å²) in [5.41, 5.74) is 1.35. The summed E-state index contributed by atoms with van der Waals surface area (Å²) < 4.78 is 1.89. The van der Waals surface area contributed by atoms with E-state index >= 15 is 0 Å². The van der Waals surface area contributed by atoms with Crippen LogP contribution in [0.4, 0.5) is 0 Å². The normalized spacial score (nSPS) is 15.2. The fourth-order valence-electron chi connectivity index (χ4n) is 1.87. The Balaban J connectivity index is 1.69. The van der Waals surface area contributed by atoms with Gasteiger partial charge in [0.05, 0.1) is 13.1 Å². The Morgan fingerprint density at radius 3 is 2.94 bits per heavy atom. The second-order valence-electron chi connectivity index (χ2n) is 4.86. The van der Waals surface area contributed by atoms with Crippen LogP contribution < -0.4 is 5.32 Å². The van der Waals surface area contributed by atoms with Crippen LogP contribution in [0.1, 0.15) is 34.0 Å². The average molecular weight is 263 g/mol. The Kier molecular flexibility index (Phi) is 3.13. The quantitative estimate of drug-likeness (QED) is 0.891. The summed E-state index contributed by atoms with van der Waals surface area (Å²) in [5, 5.41) is 15.4. The lowest BCUT2D eigenvalue weighted by molar-refractivity contribution is 0.581. The van der Waals surface area contributed by atoms with Gasteiger partial charge in [0.2, 0.25) is 0 Å². The van der Waals surface area contributed by atoms with Crippen molar-refractivity contribution in [1.82, 2.24) is 25.5 Å². The molecule has 96 valence electrons. The van der Waals surface area contributed by atoms with Gasteiger partial charge in [0, 0.05) is 15.8 Å². The number of hydrogen-bond acceptors (Lipinski definition) is 5. The lowest BCUT2D eigenvalue weighted by Crippen LogP contribution is -2.19. The zero-order valence-electron chi connectivity index (χ0n) is 10.7. The minimum absolute atomic E-state index is 0.682. The first-order valence-corrected chi connectivity index (χ1v) is 7.08. The van der Waals surface area contributed by atoms with Gasteiger partial charge in [-0.15, -0.1) is 16.4 Å². The van der Waals surface area contributed by atoms with Crippen LogP contribution >= 0.6 is 11.3 Å². The minimum atomic E-state index is 0.682. The van der Waals surface area contributed by atoms with Gasteiger partial charge in [-0.25, -0.2) is 4.68 Å². The summed E-state index contributed by atoms with van der Waals surface area (Å²) in [4.78, 5) is 2.68. The Morgan fingerprint density at radius 2 is 2.28 bits per heavy atom. The monoisotopic (exact) mass is 263 g/mol. The summed E-state index contributed by atoms with van der Waals surface area (Å²) in [6.45, 7) is 5.83. The van der Waals surface area contributed by atoms with Gasteiger partial charge >= 0.3 is 0 Å². The van der Waals surface area contributed by atoms with Crippen molar-refractivity contribution in [2.75, 3.05) is 0 Å². The van der Waals surface area contributed by atoms with Gasteiger partial charge in [0.1, 0.15) is 0 Å². The molecule has 2 aromatic heterocycles. The van der Waals surface area contributed by atoms with Gasteiger partial charge in [-0.3, -0.25) is 0 Å². The number of nitrogens with zero attached hydrogens (tertiary/aromatic N) is 4. The number of aryl methyl sites for hydroxylation is 2. The van der Waals surface area contributed by atoms with Crippen molar-refractivity contribution in [3.8, 4) is 0 Å². The number of nitrogens with one attached hydrogen (secondary N) is 1. The highest BCUT2D eigenvalue weighted by atomic mass is 32.1. The smallest absolute Gasteiger partial charge is 0.165 e. The summed E-state index contributed by atoms with van der Waals surface area (Å²) >= 11 is 1.82. The summed E-state index contributed by atoms with van der Waals surface area (Å²) in [6, 6.07) is 2.90. The van der Waals surface area contributed by atoms with E-state index in [1.54, 1.807) is 0 Å². The maximum atomic E-state index is 4.09. The largest absolute Gasteiger partial charge is 0.307 e. The van der Waals surface area contributed by atoms with Crippen molar-refractivity contribution in [2.45, 2.75) is 45.8 Å². The molecular weight excluding hydrogens is 246 g/mol. The van der Waals surface area contributed by atoms with Gasteiger partial charge in [0.15, 0.2) is 5.82 Å². The van der Waals surface area contributed by atoms with E-state index in [1.165, 1.54) is 28.2 Å². The van der Waals surface area contributed by atoms with Gasteiger partial charge in [-0.1, -0.05) is 0 Å². The summed E-state index contributed by atoms with van der Waals surface area (Å²) in [6.07, 6.45) is 2.57. The second kappa shape index (κ2) is 4.78. The van der Waals surface area contributed by atoms with Crippen molar-refractivity contribution in [1.29, 1.82) is 0 Å². The number of rotatable bonds is 5. The molecule has 0 aromatic carbocycles. The van der Waals surface area contributed by atoms with E-state index in [-0.39, 0.29) is 0 Å². The molecule has 1 saturated carbocycles. The standard InChI is InChI=1S/C12H17N5S/c1-8-5-11(18-9(8)2)7-17-12(14-15-16-17)6-13-10-3-4-10/h5,10,13H,3-4,6-7H2,1-2H3. The molecule has 2 aromatic rings. The predicted octanol–water partition coefficient (Wildman–Crippen LogP) is 1.65. The molecule has 1 N–H and O–H groups in total. The molecule has 1 aliphatic carbocycles. The van der Waals surface area contributed by atoms with Gasteiger partial charge < -0.3 is 5.32 Å². The molecule has 0 spiro atoms. The third-order valence-electron chi connectivity index (χ3n) is 3.25. The van der Waals surface area contributed by atoms with E-state index in [0.29, 0.717) is 6.04 Å². The van der Waals surface area contributed by atoms with E-state index in [9.17, 15) is 0 Å². The highest BCUT2D eigenvalue weighted by Gasteiger charge is 2.21. The van der Waals surface area contributed by atoms with Gasteiger partial charge in [0.25, 0.3) is 0 Å². The maximum absolute atomic E-state index is 4.09. The molecule has 6 heteroatoms. The van der Waals surface area contributed by atoms with Crippen LogP contribution in [0.3, 0.4) is 0 Å². The molecule has 0 amide bonds. The lowest BCUT2D eigenvalue weighted by atomic mass is 10.3. The van der Waals surface area contributed by atoms with Crippen molar-refractivity contribution in [3.63, 3.8) is 0 Å². The first-order chi connectivity index (χ1) is 8.72. The zero-order chi connectivity index (χ0) is 12.5. The summed E-state index contributed by atoms with van der Waals surface area (Å²) in [5.74, 6) is 0.922. The molecule has 1 fully saturated rings. The SMILES string of the molecule is Cc1cc(Cn2nnnc2CNC2CC2)sc1C. The van der Waals surface area contributed by atoms with E-state index < -0.39 is 0 Å². The lowest BCUT2D eigenvalue weighted by Gasteiger charge is -2.03. The molecule has 0 bridgehead atoms. The average Bonchev–Trinajstić information content (AvgIpc) is 2.99. The fourth-order valence-corrected chi connectivity index (χ4v) is 2.91. The Labute approximate surface area is 110 Å². The Bertz CT molecular complexity index is 521. The second-order valence-corrected chi connectivity index (χ2v) is 6.20. The molecule has 0 radical (unpaired) electrons. The third kappa shape index (κ3) is 2.59. The molecule has 5 nitrogen and oxygen atoms in total. The molecule has 2 heterocycles. The van der Waals surface area contributed by atoms with E-state index in [4.69, 9.17) is 0 Å². The molecule has 0 saturated heterocycles. The van der Waals surface area contributed by atoms with Crippen LogP contribution in [0.25, 0.3) is 0 Å². The van der Waals surface area contributed by atoms with Crippen molar-refractivity contribution >= 4 is 11.3 Å². The van der Waals surface area contributed by atoms with Crippen molar-refractivity contribution in [2.24, 2.45) is 0 Å². The van der Waals surface area contributed by atoms with Crippen LogP contribution in [-0.2, 0) is 13.1 Å². The Hall–Kier alpha value is -1.27. The van der Waals surface area contributed by atoms with E-state index in [2.05, 4.69) is 40.8 Å². The first kappa shape index (κ1) is 11.8. The number of hydrogen-bond donors (Lipinski definition) is 1. The zero-order valence-corrected chi connectivity index (χ0v) is 11.5. The fraction of sp³-hybridized carbons (Fsp3) is 0.583. The predicted molar refractivity (Wildman–Crippen MR) is 70.6 cm³/mol. The molecule has 0 atom stereocenters. The third-order valence-corrected chi connectivity index (χ3v) is 4.39. The Morgan fingerprint density at radius 1 is 1.44 bits per heavy atom. The minimum Gasteiger partial charge on any atom is -0.307 e. The van der Waals surface area contributed by atoms with Gasteiger partial charge in [-0.2, -0.15) is 0 Å². The van der Waals surface area contributed by atoms with E-state index in [1.807, 2.05) is 16.0 Å². The molecular formula is C12H17N5S. The molecule has 18 heavy (non-hydrogen) atoms. The van der Waals surface area contributed by atoms with Crippen molar-refractivity contribution < 1.29 is 0 Å². The molecule has 0 aliphatic heterocycles. The van der Waals surface area contributed by atoms with Gasteiger partial charge in [-0.05, 0) is 48.7 Å². The molecule has 1 aliphatic rings. The first-order valence-electron chi connectivity index (χ1n) is 6.26. The number of thiophene rings is 1. The molecule has 0 unspecified atom stereocenters. The van der Waals surface area contributed by atoms with Crippen LogP contribution in [0, 0.1) is 13.8 Å². The van der Waals surface area contributed by atoms with Crippen LogP contribution in [-0.4, -0.2) is 26.2 Å².